The third-order valence-electron chi connectivity index (χ3n) is 5.24. The number of carbonyl (C=O) groups excluding carboxylic acids is 2. The van der Waals surface area contributed by atoms with Crippen LogP contribution in [0.15, 0.2) is 34.1 Å². The van der Waals surface area contributed by atoms with Gasteiger partial charge in [0.05, 0.1) is 5.75 Å². The monoisotopic (exact) mass is 457 g/mol. The molecule has 1 aromatic heterocycles. The van der Waals surface area contributed by atoms with Crippen LogP contribution < -0.4 is 16.3 Å². The summed E-state index contributed by atoms with van der Waals surface area (Å²) in [6.45, 7) is 3.02. The van der Waals surface area contributed by atoms with Crippen LogP contribution in [0, 0.1) is 0 Å². The Kier molecular flexibility index (Phi) is 8.46. The molecule has 0 saturated carbocycles. The van der Waals surface area contributed by atoms with E-state index in [4.69, 9.17) is 0 Å². The van der Waals surface area contributed by atoms with E-state index in [1.54, 1.807) is 24.3 Å². The van der Waals surface area contributed by atoms with Crippen molar-refractivity contribution in [2.45, 2.75) is 50.6 Å². The lowest BCUT2D eigenvalue weighted by atomic mass is 9.97. The minimum atomic E-state index is -0.227. The first-order valence-corrected chi connectivity index (χ1v) is 11.9. The normalized spacial score (nSPS) is 13.0. The van der Waals surface area contributed by atoms with Crippen molar-refractivity contribution in [2.24, 2.45) is 0 Å². The molecule has 0 radical (unpaired) electrons. The Labute approximate surface area is 192 Å². The largest absolute Gasteiger partial charge is 0.348 e. The van der Waals surface area contributed by atoms with E-state index in [0.29, 0.717) is 22.9 Å². The summed E-state index contributed by atoms with van der Waals surface area (Å²) < 4.78 is 1.83. The number of nitrogens with one attached hydrogen (secondary N) is 2. The maximum absolute atomic E-state index is 12.7. The molecule has 1 heterocycles. The standard InChI is InChI=1S/C23H31N5O3S/c1-16(29)24-17-8-6-9-18(14-17)25-21(30)15-32-22-19-10-4-5-11-20(19)28(23(31)26-22)13-7-12-27(2)3/h6,8-9,14H,4-5,7,10-13,15H2,1-3H3,(H,24,29)(H,25,30). The van der Waals surface area contributed by atoms with E-state index in [0.717, 1.165) is 49.9 Å². The van der Waals surface area contributed by atoms with Crippen molar-refractivity contribution < 1.29 is 9.59 Å². The number of fused-ring (bicyclic) bond motifs is 1. The molecule has 1 aliphatic rings. The van der Waals surface area contributed by atoms with Gasteiger partial charge in [-0.25, -0.2) is 4.79 Å². The Morgan fingerprint density at radius 3 is 2.59 bits per heavy atom. The molecule has 2 aromatic rings. The van der Waals surface area contributed by atoms with Gasteiger partial charge in [-0.15, -0.1) is 0 Å². The minimum Gasteiger partial charge on any atom is -0.326 e. The predicted molar refractivity (Wildman–Crippen MR) is 128 cm³/mol. The van der Waals surface area contributed by atoms with Gasteiger partial charge < -0.3 is 15.5 Å². The zero-order valence-electron chi connectivity index (χ0n) is 18.9. The zero-order valence-corrected chi connectivity index (χ0v) is 19.8. The molecule has 0 unspecified atom stereocenters. The molecule has 8 nitrogen and oxygen atoms in total. The van der Waals surface area contributed by atoms with Crippen LogP contribution in [0.2, 0.25) is 0 Å². The second-order valence-electron chi connectivity index (χ2n) is 8.24. The number of rotatable bonds is 9. The van der Waals surface area contributed by atoms with E-state index >= 15 is 0 Å². The first-order chi connectivity index (χ1) is 15.3. The fourth-order valence-corrected chi connectivity index (χ4v) is 4.73. The van der Waals surface area contributed by atoms with Crippen LogP contribution in [-0.2, 0) is 29.0 Å². The van der Waals surface area contributed by atoms with Gasteiger partial charge in [0.25, 0.3) is 0 Å². The Hall–Kier alpha value is -2.65. The maximum atomic E-state index is 12.7. The van der Waals surface area contributed by atoms with Crippen molar-refractivity contribution in [3.05, 3.63) is 46.0 Å². The van der Waals surface area contributed by atoms with Crippen molar-refractivity contribution in [2.75, 3.05) is 37.0 Å². The Balaban J connectivity index is 1.68. The number of anilines is 2. The molecular formula is C23H31N5O3S. The summed E-state index contributed by atoms with van der Waals surface area (Å²) in [6.07, 6.45) is 4.80. The summed E-state index contributed by atoms with van der Waals surface area (Å²) in [7, 11) is 4.05. The molecule has 0 fully saturated rings. The fourth-order valence-electron chi connectivity index (χ4n) is 3.85. The van der Waals surface area contributed by atoms with Crippen LogP contribution in [0.25, 0.3) is 0 Å². The van der Waals surface area contributed by atoms with Crippen molar-refractivity contribution in [3.63, 3.8) is 0 Å². The van der Waals surface area contributed by atoms with E-state index < -0.39 is 0 Å². The Bertz CT molecular complexity index is 1030. The van der Waals surface area contributed by atoms with Gasteiger partial charge in [-0.05, 0) is 70.9 Å². The topological polar surface area (TPSA) is 96.3 Å². The molecular weight excluding hydrogens is 426 g/mol. The lowest BCUT2D eigenvalue weighted by Gasteiger charge is -2.23. The van der Waals surface area contributed by atoms with E-state index in [1.807, 2.05) is 18.7 Å². The van der Waals surface area contributed by atoms with Crippen LogP contribution in [0.3, 0.4) is 0 Å². The highest BCUT2D eigenvalue weighted by Gasteiger charge is 2.21. The summed E-state index contributed by atoms with van der Waals surface area (Å²) in [6, 6.07) is 7.00. The van der Waals surface area contributed by atoms with Crippen LogP contribution in [0.5, 0.6) is 0 Å². The zero-order chi connectivity index (χ0) is 23.1. The molecule has 2 amide bonds. The molecule has 0 aliphatic heterocycles. The predicted octanol–water partition coefficient (Wildman–Crippen LogP) is 2.76. The average Bonchev–Trinajstić information content (AvgIpc) is 2.73. The van der Waals surface area contributed by atoms with Gasteiger partial charge in [-0.3, -0.25) is 14.2 Å². The highest BCUT2D eigenvalue weighted by molar-refractivity contribution is 8.00. The molecule has 0 saturated heterocycles. The second kappa shape index (κ2) is 11.3. The van der Waals surface area contributed by atoms with E-state index in [-0.39, 0.29) is 23.3 Å². The molecule has 1 aromatic carbocycles. The third kappa shape index (κ3) is 6.67. The van der Waals surface area contributed by atoms with Gasteiger partial charge in [0, 0.05) is 36.1 Å². The molecule has 172 valence electrons. The SMILES string of the molecule is CC(=O)Nc1cccc(NC(=O)CSc2nc(=O)n(CCCN(C)C)c3c2CCCC3)c1. The number of thioether (sulfide) groups is 1. The van der Waals surface area contributed by atoms with Gasteiger partial charge in [0.2, 0.25) is 11.8 Å². The third-order valence-corrected chi connectivity index (χ3v) is 6.26. The van der Waals surface area contributed by atoms with Crippen molar-refractivity contribution in [3.8, 4) is 0 Å². The summed E-state index contributed by atoms with van der Waals surface area (Å²) in [5.74, 6) is -0.193. The van der Waals surface area contributed by atoms with E-state index in [2.05, 4.69) is 20.5 Å². The van der Waals surface area contributed by atoms with Crippen LogP contribution >= 0.6 is 11.8 Å². The van der Waals surface area contributed by atoms with Gasteiger partial charge >= 0.3 is 5.69 Å². The molecule has 3 rings (SSSR count). The van der Waals surface area contributed by atoms with Crippen LogP contribution in [0.4, 0.5) is 11.4 Å². The second-order valence-corrected chi connectivity index (χ2v) is 9.20. The molecule has 0 atom stereocenters. The molecule has 2 N–H and O–H groups in total. The quantitative estimate of drug-likeness (QED) is 0.444. The molecule has 0 spiro atoms. The van der Waals surface area contributed by atoms with E-state index in [9.17, 15) is 14.4 Å². The van der Waals surface area contributed by atoms with E-state index in [1.165, 1.54) is 18.7 Å². The highest BCUT2D eigenvalue weighted by atomic mass is 32.2. The lowest BCUT2D eigenvalue weighted by Crippen LogP contribution is -2.31. The summed E-state index contributed by atoms with van der Waals surface area (Å²) >= 11 is 1.31. The van der Waals surface area contributed by atoms with Gasteiger partial charge in [0.15, 0.2) is 0 Å². The van der Waals surface area contributed by atoms with Crippen LogP contribution in [0.1, 0.15) is 37.4 Å². The number of nitrogens with zero attached hydrogens (tertiary/aromatic N) is 3. The summed E-state index contributed by atoms with van der Waals surface area (Å²) in [5, 5.41) is 6.22. The maximum Gasteiger partial charge on any atom is 0.348 e. The Morgan fingerprint density at radius 2 is 1.88 bits per heavy atom. The summed E-state index contributed by atoms with van der Waals surface area (Å²) in [5.41, 5.74) is 3.20. The molecule has 1 aliphatic carbocycles. The number of hydrogen-bond acceptors (Lipinski definition) is 6. The van der Waals surface area contributed by atoms with Gasteiger partial charge in [-0.1, -0.05) is 17.8 Å². The van der Waals surface area contributed by atoms with Crippen LogP contribution in [-0.4, -0.2) is 52.7 Å². The van der Waals surface area contributed by atoms with Crippen molar-refractivity contribution >= 4 is 35.0 Å². The van der Waals surface area contributed by atoms with Gasteiger partial charge in [-0.2, -0.15) is 4.98 Å². The number of aromatic nitrogens is 2. The molecule has 9 heteroatoms. The van der Waals surface area contributed by atoms with Crippen molar-refractivity contribution in [1.82, 2.24) is 14.5 Å². The Morgan fingerprint density at radius 1 is 1.16 bits per heavy atom. The number of amides is 2. The highest BCUT2D eigenvalue weighted by Crippen LogP contribution is 2.28. The molecule has 32 heavy (non-hydrogen) atoms. The average molecular weight is 458 g/mol. The number of hydrogen-bond donors (Lipinski definition) is 2. The minimum absolute atomic E-state index is 0.161. The lowest BCUT2D eigenvalue weighted by molar-refractivity contribution is -0.114. The molecule has 0 bridgehead atoms. The van der Waals surface area contributed by atoms with Gasteiger partial charge in [0.1, 0.15) is 5.03 Å². The smallest absolute Gasteiger partial charge is 0.326 e. The number of carbonyl (C=O) groups is 2. The summed E-state index contributed by atoms with van der Waals surface area (Å²) in [4.78, 5) is 42.9. The fraction of sp³-hybridized carbons (Fsp3) is 0.478. The first kappa shape index (κ1) is 24.0. The first-order valence-electron chi connectivity index (χ1n) is 10.9. The number of benzene rings is 1. The van der Waals surface area contributed by atoms with Crippen molar-refractivity contribution in [1.29, 1.82) is 0 Å².